The lowest BCUT2D eigenvalue weighted by atomic mass is 9.90. The lowest BCUT2D eigenvalue weighted by molar-refractivity contribution is -0.116. The largest absolute Gasteiger partial charge is 0.326 e. The van der Waals surface area contributed by atoms with Crippen LogP contribution in [0.2, 0.25) is 0 Å². The summed E-state index contributed by atoms with van der Waals surface area (Å²) in [4.78, 5) is 24.0. The minimum atomic E-state index is -0.0904. The normalized spacial score (nSPS) is 12.4. The number of benzene rings is 1. The number of terminal acetylenes is 1. The van der Waals surface area contributed by atoms with Crippen LogP contribution in [0.25, 0.3) is 11.3 Å². The molecule has 6 nitrogen and oxygen atoms in total. The van der Waals surface area contributed by atoms with Crippen LogP contribution in [-0.2, 0) is 17.6 Å². The van der Waals surface area contributed by atoms with Gasteiger partial charge in [0.05, 0.1) is 12.2 Å². The van der Waals surface area contributed by atoms with Crippen LogP contribution in [0.5, 0.6) is 0 Å². The van der Waals surface area contributed by atoms with Gasteiger partial charge in [0.1, 0.15) is 0 Å². The quantitative estimate of drug-likeness (QED) is 0.525. The lowest BCUT2D eigenvalue weighted by Gasteiger charge is -2.17. The van der Waals surface area contributed by atoms with Gasteiger partial charge in [-0.2, -0.15) is 5.10 Å². The number of carbonyl (C=O) groups is 1. The van der Waals surface area contributed by atoms with Crippen molar-refractivity contribution in [3.05, 3.63) is 45.7 Å². The number of nitrogens with zero attached hydrogens (tertiary/aromatic N) is 1. The molecule has 0 atom stereocenters. The smallest absolute Gasteiger partial charge is 0.267 e. The van der Waals surface area contributed by atoms with Gasteiger partial charge in [0.2, 0.25) is 5.91 Å². The summed E-state index contributed by atoms with van der Waals surface area (Å²) in [7, 11) is 0. The number of nitrogens with one attached hydrogen (secondary N) is 3. The Morgan fingerprint density at radius 3 is 2.81 bits per heavy atom. The van der Waals surface area contributed by atoms with Crippen molar-refractivity contribution >= 4 is 24.0 Å². The molecule has 1 aliphatic carbocycles. The van der Waals surface area contributed by atoms with Crippen LogP contribution in [0.3, 0.4) is 0 Å². The van der Waals surface area contributed by atoms with E-state index in [2.05, 4.69) is 26.8 Å². The van der Waals surface area contributed by atoms with Gasteiger partial charge in [-0.25, -0.2) is 5.10 Å². The molecule has 1 aromatic heterocycles. The Bertz CT molecular complexity index is 902. The van der Waals surface area contributed by atoms with Gasteiger partial charge in [-0.1, -0.05) is 18.1 Å². The molecule has 2 aromatic rings. The van der Waals surface area contributed by atoms with Gasteiger partial charge in [-0.05, 0) is 43.4 Å². The molecular weight excluding hydrogens is 364 g/mol. The van der Waals surface area contributed by atoms with E-state index in [9.17, 15) is 9.59 Å². The van der Waals surface area contributed by atoms with Gasteiger partial charge in [-0.15, -0.1) is 18.8 Å². The van der Waals surface area contributed by atoms with Crippen molar-refractivity contribution in [1.82, 2.24) is 15.5 Å². The number of halogens is 1. The van der Waals surface area contributed by atoms with Crippen molar-refractivity contribution in [2.45, 2.75) is 32.1 Å². The molecule has 1 aliphatic rings. The molecule has 1 amide bonds. The number of H-pyrrole nitrogens is 1. The monoisotopic (exact) mass is 386 g/mol. The number of aromatic amines is 1. The fourth-order valence-electron chi connectivity index (χ4n) is 3.23. The minimum Gasteiger partial charge on any atom is -0.326 e. The summed E-state index contributed by atoms with van der Waals surface area (Å²) < 4.78 is 0. The topological polar surface area (TPSA) is 86.9 Å². The zero-order valence-electron chi connectivity index (χ0n) is 15.0. The maximum absolute atomic E-state index is 12.0. The molecule has 3 rings (SSSR count). The predicted molar refractivity (Wildman–Crippen MR) is 109 cm³/mol. The van der Waals surface area contributed by atoms with Crippen LogP contribution in [-0.4, -0.2) is 29.2 Å². The maximum atomic E-state index is 12.0. The maximum Gasteiger partial charge on any atom is 0.267 e. The molecule has 0 unspecified atom stereocenters. The number of rotatable bonds is 6. The number of aromatic nitrogens is 2. The number of amides is 1. The first-order valence-corrected chi connectivity index (χ1v) is 8.84. The molecule has 0 spiro atoms. The third kappa shape index (κ3) is 5.19. The number of fused-ring (bicyclic) bond motifs is 1. The molecule has 0 saturated carbocycles. The van der Waals surface area contributed by atoms with E-state index in [0.29, 0.717) is 25.2 Å². The summed E-state index contributed by atoms with van der Waals surface area (Å²) in [6, 6.07) is 7.56. The molecule has 3 N–H and O–H groups in total. The number of anilines is 1. The number of hydrogen-bond donors (Lipinski definition) is 3. The molecule has 1 heterocycles. The van der Waals surface area contributed by atoms with Crippen molar-refractivity contribution in [3.8, 4) is 23.6 Å². The molecule has 0 radical (unpaired) electrons. The van der Waals surface area contributed by atoms with Crippen molar-refractivity contribution in [3.63, 3.8) is 0 Å². The first-order valence-electron chi connectivity index (χ1n) is 8.84. The van der Waals surface area contributed by atoms with Crippen LogP contribution in [0.1, 0.15) is 30.4 Å². The van der Waals surface area contributed by atoms with Crippen LogP contribution in [0, 0.1) is 12.3 Å². The van der Waals surface area contributed by atoms with E-state index in [1.807, 2.05) is 24.3 Å². The van der Waals surface area contributed by atoms with Gasteiger partial charge in [0.15, 0.2) is 0 Å². The summed E-state index contributed by atoms with van der Waals surface area (Å²) in [6.07, 6.45) is 9.25. The van der Waals surface area contributed by atoms with E-state index in [-0.39, 0.29) is 23.9 Å². The van der Waals surface area contributed by atoms with Crippen molar-refractivity contribution in [1.29, 1.82) is 0 Å². The Kier molecular flexibility index (Phi) is 7.59. The third-order valence-corrected chi connectivity index (χ3v) is 4.47. The Hall–Kier alpha value is -2.62. The molecular formula is C20H23ClN4O2. The predicted octanol–water partition coefficient (Wildman–Crippen LogP) is 2.29. The Balaban J connectivity index is 0.00000261. The van der Waals surface area contributed by atoms with Gasteiger partial charge in [0, 0.05) is 29.8 Å². The summed E-state index contributed by atoms with van der Waals surface area (Å²) in [5, 5.41) is 12.8. The zero-order valence-corrected chi connectivity index (χ0v) is 15.8. The average Bonchev–Trinajstić information content (AvgIpc) is 2.66. The summed E-state index contributed by atoms with van der Waals surface area (Å²) in [6.45, 7) is 0.983. The second-order valence-corrected chi connectivity index (χ2v) is 6.33. The van der Waals surface area contributed by atoms with Crippen LogP contribution in [0.4, 0.5) is 5.69 Å². The van der Waals surface area contributed by atoms with Crippen molar-refractivity contribution in [2.24, 2.45) is 0 Å². The molecule has 0 saturated heterocycles. The molecule has 27 heavy (non-hydrogen) atoms. The lowest BCUT2D eigenvalue weighted by Crippen LogP contribution is -2.22. The van der Waals surface area contributed by atoms with E-state index >= 15 is 0 Å². The van der Waals surface area contributed by atoms with E-state index in [1.165, 1.54) is 0 Å². The molecule has 0 fully saturated rings. The van der Waals surface area contributed by atoms with Gasteiger partial charge in [-0.3, -0.25) is 9.59 Å². The number of hydrogen-bond acceptors (Lipinski definition) is 4. The second-order valence-electron chi connectivity index (χ2n) is 6.33. The molecule has 0 bridgehead atoms. The van der Waals surface area contributed by atoms with Gasteiger partial charge in [0.25, 0.3) is 5.56 Å². The van der Waals surface area contributed by atoms with Crippen molar-refractivity contribution < 1.29 is 4.79 Å². The number of carbonyl (C=O) groups excluding carboxylic acids is 1. The zero-order chi connectivity index (χ0) is 18.4. The van der Waals surface area contributed by atoms with Crippen LogP contribution >= 0.6 is 12.4 Å². The summed E-state index contributed by atoms with van der Waals surface area (Å²) >= 11 is 0. The molecule has 142 valence electrons. The van der Waals surface area contributed by atoms with Gasteiger partial charge < -0.3 is 10.6 Å². The third-order valence-electron chi connectivity index (χ3n) is 4.47. The van der Waals surface area contributed by atoms with Crippen LogP contribution in [0.15, 0.2) is 29.1 Å². The molecule has 7 heteroatoms. The fourth-order valence-corrected chi connectivity index (χ4v) is 3.23. The highest BCUT2D eigenvalue weighted by Gasteiger charge is 2.19. The highest BCUT2D eigenvalue weighted by atomic mass is 35.5. The first-order chi connectivity index (χ1) is 12.7. The van der Waals surface area contributed by atoms with E-state index in [4.69, 9.17) is 6.42 Å². The first kappa shape index (κ1) is 20.7. The van der Waals surface area contributed by atoms with Crippen LogP contribution < -0.4 is 16.2 Å². The minimum absolute atomic E-state index is 0. The second kappa shape index (κ2) is 9.91. The average molecular weight is 387 g/mol. The fraction of sp³-hybridized carbons (Fsp3) is 0.350. The highest BCUT2D eigenvalue weighted by Crippen LogP contribution is 2.29. The molecule has 1 aromatic carbocycles. The van der Waals surface area contributed by atoms with E-state index < -0.39 is 0 Å². The Labute approximate surface area is 164 Å². The SMILES string of the molecule is C#CCNCCC(=O)Nc1cccc(-c2n[nH]c(=O)c3c2CCCC3)c1.Cl. The van der Waals surface area contributed by atoms with E-state index in [1.54, 1.807) is 0 Å². The van der Waals surface area contributed by atoms with E-state index in [0.717, 1.165) is 48.1 Å². The molecule has 0 aliphatic heterocycles. The highest BCUT2D eigenvalue weighted by molar-refractivity contribution is 5.91. The Morgan fingerprint density at radius 2 is 2.04 bits per heavy atom. The summed E-state index contributed by atoms with van der Waals surface area (Å²) in [5.41, 5.74) is 4.18. The standard InChI is InChI=1S/C20H22N4O2.ClH/c1-2-11-21-12-10-18(25)22-15-7-5-6-14(13-15)19-16-8-3-4-9-17(16)20(26)24-23-19;/h1,5-7,13,21H,3-4,8-12H2,(H,22,25)(H,24,26);1H. The van der Waals surface area contributed by atoms with Crippen molar-refractivity contribution in [2.75, 3.05) is 18.4 Å². The van der Waals surface area contributed by atoms with Gasteiger partial charge >= 0.3 is 0 Å². The Morgan fingerprint density at radius 1 is 1.26 bits per heavy atom. The summed E-state index contributed by atoms with van der Waals surface area (Å²) in [5.74, 6) is 2.39.